The van der Waals surface area contributed by atoms with Crippen molar-refractivity contribution in [3.8, 4) is 5.75 Å². The highest BCUT2D eigenvalue weighted by Gasteiger charge is 2.53. The Labute approximate surface area is 377 Å². The first kappa shape index (κ1) is 40.1. The molecule has 0 unspecified atom stereocenters. The predicted octanol–water partition coefficient (Wildman–Crippen LogP) is 14.5. The summed E-state index contributed by atoms with van der Waals surface area (Å²) in [5, 5.41) is 13.6. The second-order valence-electron chi connectivity index (χ2n) is 16.4. The van der Waals surface area contributed by atoms with Gasteiger partial charge in [-0.2, -0.15) is 0 Å². The maximum absolute atomic E-state index is 13.6. The Bertz CT molecular complexity index is 2760. The van der Waals surface area contributed by atoms with E-state index in [2.05, 4.69) is 279 Å². The summed E-state index contributed by atoms with van der Waals surface area (Å²) in [7, 11) is 0. The Morgan fingerprint density at radius 2 is 0.375 bits per heavy atom. The summed E-state index contributed by atoms with van der Waals surface area (Å²) in [6.07, 6.45) is 0. The third kappa shape index (κ3) is 6.48. The summed E-state index contributed by atoms with van der Waals surface area (Å²) in [5.41, 5.74) is 9.50. The average Bonchev–Trinajstić information content (AvgIpc) is 3.39. The lowest BCUT2D eigenvalue weighted by Gasteiger charge is -2.48. The van der Waals surface area contributed by atoms with Crippen molar-refractivity contribution in [1.29, 1.82) is 0 Å². The van der Waals surface area contributed by atoms with E-state index in [0.717, 1.165) is 66.8 Å². The van der Waals surface area contributed by atoms with Crippen LogP contribution < -0.4 is 0 Å². The highest BCUT2D eigenvalue weighted by molar-refractivity contribution is 5.77. The van der Waals surface area contributed by atoms with Crippen LogP contribution in [0.5, 0.6) is 5.75 Å². The molecule has 10 rings (SSSR count). The predicted molar refractivity (Wildman–Crippen MR) is 263 cm³/mol. The molecule has 0 aliphatic carbocycles. The molecular formula is C63H48O. The normalized spacial score (nSPS) is 11.8. The van der Waals surface area contributed by atoms with Crippen LogP contribution in [0.15, 0.2) is 285 Å². The number of aromatic hydroxyl groups is 1. The van der Waals surface area contributed by atoms with Gasteiger partial charge in [0.15, 0.2) is 0 Å². The van der Waals surface area contributed by atoms with Crippen molar-refractivity contribution in [1.82, 2.24) is 0 Å². The Hall–Kier alpha value is -8.00. The van der Waals surface area contributed by atoms with Crippen LogP contribution in [-0.2, 0) is 16.2 Å². The second-order valence-corrected chi connectivity index (χ2v) is 16.4. The second kappa shape index (κ2) is 17.4. The third-order valence-corrected chi connectivity index (χ3v) is 13.2. The van der Waals surface area contributed by atoms with Crippen molar-refractivity contribution in [3.63, 3.8) is 0 Å². The number of phenolic OH excluding ortho intramolecular Hbond substituents is 1. The lowest BCUT2D eigenvalue weighted by atomic mass is 9.53. The van der Waals surface area contributed by atoms with E-state index in [1.165, 1.54) is 0 Å². The molecule has 1 nitrogen and oxygen atoms in total. The van der Waals surface area contributed by atoms with Gasteiger partial charge in [-0.1, -0.05) is 279 Å². The molecule has 1 N–H and O–H groups in total. The molecule has 10 aromatic carbocycles. The Morgan fingerprint density at radius 3 is 0.594 bits per heavy atom. The number of phenols is 1. The topological polar surface area (TPSA) is 20.2 Å². The lowest BCUT2D eigenvalue weighted by molar-refractivity contribution is 0.455. The monoisotopic (exact) mass is 820 g/mol. The quantitative estimate of drug-likeness (QED) is 0.122. The van der Waals surface area contributed by atoms with Gasteiger partial charge in [0.1, 0.15) is 5.75 Å². The Balaban J connectivity index is 1.58. The third-order valence-electron chi connectivity index (χ3n) is 13.2. The van der Waals surface area contributed by atoms with Gasteiger partial charge in [0.25, 0.3) is 0 Å². The van der Waals surface area contributed by atoms with Gasteiger partial charge >= 0.3 is 0 Å². The van der Waals surface area contributed by atoms with Crippen molar-refractivity contribution < 1.29 is 5.11 Å². The zero-order valence-corrected chi connectivity index (χ0v) is 35.6. The molecule has 64 heavy (non-hydrogen) atoms. The van der Waals surface area contributed by atoms with Gasteiger partial charge in [-0.25, -0.2) is 0 Å². The van der Waals surface area contributed by atoms with Gasteiger partial charge in [-0.3, -0.25) is 0 Å². The SMILES string of the molecule is Oc1ccc(C(c2ccccc2)(c2ccccc2)c2ccccc2)c(C(c2ccccc2)(c2ccccc2)c2ccccc2)c1C(c1ccccc1)(c1ccccc1)c1ccccc1. The van der Waals surface area contributed by atoms with Gasteiger partial charge < -0.3 is 5.11 Å². The summed E-state index contributed by atoms with van der Waals surface area (Å²) in [6, 6.07) is 102. The van der Waals surface area contributed by atoms with Crippen LogP contribution in [0.25, 0.3) is 0 Å². The molecule has 0 saturated carbocycles. The van der Waals surface area contributed by atoms with Crippen LogP contribution in [0.2, 0.25) is 0 Å². The summed E-state index contributed by atoms with van der Waals surface area (Å²) in [6.45, 7) is 0. The van der Waals surface area contributed by atoms with E-state index in [1.54, 1.807) is 0 Å². The van der Waals surface area contributed by atoms with Gasteiger partial charge in [0, 0.05) is 5.56 Å². The van der Waals surface area contributed by atoms with Gasteiger partial charge in [-0.05, 0) is 67.3 Å². The van der Waals surface area contributed by atoms with E-state index in [9.17, 15) is 5.11 Å². The van der Waals surface area contributed by atoms with Crippen LogP contribution >= 0.6 is 0 Å². The van der Waals surface area contributed by atoms with Crippen molar-refractivity contribution in [2.24, 2.45) is 0 Å². The molecule has 1 heteroatoms. The fourth-order valence-electron chi connectivity index (χ4n) is 10.7. The Morgan fingerprint density at radius 1 is 0.188 bits per heavy atom. The molecule has 10 aromatic rings. The summed E-state index contributed by atoms with van der Waals surface area (Å²) in [4.78, 5) is 0. The molecule has 0 aromatic heterocycles. The smallest absolute Gasteiger partial charge is 0.120 e. The molecule has 0 aliphatic rings. The Kier molecular flexibility index (Phi) is 10.9. The standard InChI is InChI=1S/C63H48O/c64-58-47-46-57(61(48-28-10-1-11-29-48,49-30-12-2-13-31-49)50-32-14-3-15-33-50)59(62(51-34-16-4-17-35-51,52-36-18-5-19-37-52)53-38-20-6-21-39-53)60(58)63(54-40-22-7-23-41-54,55-42-24-8-25-43-55)56-44-26-9-27-45-56/h1-47,64H. The van der Waals surface area contributed by atoms with Crippen LogP contribution in [0.1, 0.15) is 66.8 Å². The number of benzene rings is 10. The first-order chi connectivity index (χ1) is 31.7. The van der Waals surface area contributed by atoms with E-state index in [0.29, 0.717) is 0 Å². The largest absolute Gasteiger partial charge is 0.508 e. The van der Waals surface area contributed by atoms with E-state index in [-0.39, 0.29) is 5.75 Å². The minimum atomic E-state index is -1.06. The van der Waals surface area contributed by atoms with Crippen molar-refractivity contribution >= 4 is 0 Å². The van der Waals surface area contributed by atoms with Crippen molar-refractivity contribution in [2.75, 3.05) is 0 Å². The molecule has 0 radical (unpaired) electrons. The minimum absolute atomic E-state index is 0.200. The molecule has 0 saturated heterocycles. The molecule has 0 aliphatic heterocycles. The molecule has 306 valence electrons. The van der Waals surface area contributed by atoms with E-state index in [4.69, 9.17) is 0 Å². The molecule has 0 spiro atoms. The molecule has 0 atom stereocenters. The zero-order valence-electron chi connectivity index (χ0n) is 35.6. The van der Waals surface area contributed by atoms with Crippen molar-refractivity contribution in [3.05, 3.63) is 352 Å². The van der Waals surface area contributed by atoms with Crippen LogP contribution in [0.4, 0.5) is 0 Å². The van der Waals surface area contributed by atoms with Gasteiger partial charge in [0.05, 0.1) is 16.2 Å². The molecule has 0 fully saturated rings. The number of hydrogen-bond donors (Lipinski definition) is 1. The zero-order chi connectivity index (χ0) is 43.2. The molecule has 0 amide bonds. The first-order valence-corrected chi connectivity index (χ1v) is 22.1. The minimum Gasteiger partial charge on any atom is -0.508 e. The number of rotatable bonds is 12. The van der Waals surface area contributed by atoms with Crippen LogP contribution in [-0.4, -0.2) is 5.11 Å². The lowest BCUT2D eigenvalue weighted by Crippen LogP contribution is -2.43. The van der Waals surface area contributed by atoms with Gasteiger partial charge in [-0.15, -0.1) is 0 Å². The summed E-state index contributed by atoms with van der Waals surface area (Å²) in [5.74, 6) is 0.200. The molecule has 0 bridgehead atoms. The highest BCUT2D eigenvalue weighted by Crippen LogP contribution is 2.60. The van der Waals surface area contributed by atoms with E-state index in [1.807, 2.05) is 6.07 Å². The summed E-state index contributed by atoms with van der Waals surface area (Å²) < 4.78 is 0. The average molecular weight is 821 g/mol. The highest BCUT2D eigenvalue weighted by atomic mass is 16.3. The first-order valence-electron chi connectivity index (χ1n) is 22.1. The maximum atomic E-state index is 13.6. The molecule has 0 heterocycles. The summed E-state index contributed by atoms with van der Waals surface area (Å²) >= 11 is 0. The van der Waals surface area contributed by atoms with E-state index < -0.39 is 16.2 Å². The van der Waals surface area contributed by atoms with Crippen molar-refractivity contribution in [2.45, 2.75) is 16.2 Å². The maximum Gasteiger partial charge on any atom is 0.120 e. The fraction of sp³-hybridized carbons (Fsp3) is 0.0476. The molecular weight excluding hydrogens is 773 g/mol. The van der Waals surface area contributed by atoms with Gasteiger partial charge in [0.2, 0.25) is 0 Å². The number of hydrogen-bond acceptors (Lipinski definition) is 1. The fourth-order valence-corrected chi connectivity index (χ4v) is 10.7. The van der Waals surface area contributed by atoms with E-state index >= 15 is 0 Å². The van der Waals surface area contributed by atoms with Crippen LogP contribution in [0.3, 0.4) is 0 Å². The van der Waals surface area contributed by atoms with Crippen LogP contribution in [0, 0.1) is 0 Å².